The molecule has 1 aliphatic heterocycles. The van der Waals surface area contributed by atoms with Crippen LogP contribution in [0.25, 0.3) is 0 Å². The number of rotatable bonds is 7. The number of aromatic nitrogens is 1. The SMILES string of the molecule is Cc1c(C(=O)O)ccnc1CNCCCN1CCCC1. The lowest BCUT2D eigenvalue weighted by Crippen LogP contribution is -2.25. The van der Waals surface area contributed by atoms with E-state index in [0.29, 0.717) is 12.1 Å². The highest BCUT2D eigenvalue weighted by molar-refractivity contribution is 5.89. The van der Waals surface area contributed by atoms with Gasteiger partial charge in [0.05, 0.1) is 11.3 Å². The zero-order valence-electron chi connectivity index (χ0n) is 12.1. The fourth-order valence-electron chi connectivity index (χ4n) is 2.63. The third kappa shape index (κ3) is 4.02. The van der Waals surface area contributed by atoms with E-state index in [9.17, 15) is 4.79 Å². The molecular formula is C15H23N3O2. The number of hydrogen-bond acceptors (Lipinski definition) is 4. The van der Waals surface area contributed by atoms with Crippen LogP contribution in [-0.2, 0) is 6.54 Å². The van der Waals surface area contributed by atoms with Crippen LogP contribution in [0.4, 0.5) is 0 Å². The summed E-state index contributed by atoms with van der Waals surface area (Å²) in [7, 11) is 0. The molecule has 0 aromatic carbocycles. The second-order valence-electron chi connectivity index (χ2n) is 5.31. The topological polar surface area (TPSA) is 65.5 Å². The van der Waals surface area contributed by atoms with Crippen molar-refractivity contribution in [1.82, 2.24) is 15.2 Å². The van der Waals surface area contributed by atoms with Crippen molar-refractivity contribution in [2.24, 2.45) is 0 Å². The van der Waals surface area contributed by atoms with Gasteiger partial charge in [0.2, 0.25) is 0 Å². The average molecular weight is 277 g/mol. The second kappa shape index (κ2) is 7.36. The van der Waals surface area contributed by atoms with Crippen LogP contribution in [0, 0.1) is 6.92 Å². The Hall–Kier alpha value is -1.46. The Bertz CT molecular complexity index is 456. The number of nitrogens with zero attached hydrogens (tertiary/aromatic N) is 2. The summed E-state index contributed by atoms with van der Waals surface area (Å²) < 4.78 is 0. The molecule has 2 N–H and O–H groups in total. The molecule has 0 bridgehead atoms. The highest BCUT2D eigenvalue weighted by atomic mass is 16.4. The molecule has 1 aromatic rings. The van der Waals surface area contributed by atoms with Gasteiger partial charge in [-0.25, -0.2) is 4.79 Å². The molecule has 0 radical (unpaired) electrons. The molecule has 1 saturated heterocycles. The van der Waals surface area contributed by atoms with Gasteiger partial charge >= 0.3 is 5.97 Å². The molecule has 0 saturated carbocycles. The number of carboxylic acid groups (broad SMARTS) is 1. The monoisotopic (exact) mass is 277 g/mol. The molecule has 20 heavy (non-hydrogen) atoms. The Labute approximate surface area is 120 Å². The molecular weight excluding hydrogens is 254 g/mol. The van der Waals surface area contributed by atoms with Gasteiger partial charge in [-0.1, -0.05) is 0 Å². The lowest BCUT2D eigenvalue weighted by atomic mass is 10.1. The predicted octanol–water partition coefficient (Wildman–Crippen LogP) is 1.66. The van der Waals surface area contributed by atoms with Crippen LogP contribution >= 0.6 is 0 Å². The summed E-state index contributed by atoms with van der Waals surface area (Å²) >= 11 is 0. The number of carboxylic acids is 1. The molecule has 5 heteroatoms. The van der Waals surface area contributed by atoms with Crippen LogP contribution in [0.5, 0.6) is 0 Å². The van der Waals surface area contributed by atoms with E-state index in [1.165, 1.54) is 25.9 Å². The molecule has 1 aliphatic rings. The number of pyridine rings is 1. The Morgan fingerprint density at radius 1 is 1.45 bits per heavy atom. The van der Waals surface area contributed by atoms with Crippen LogP contribution in [0.15, 0.2) is 12.3 Å². The quantitative estimate of drug-likeness (QED) is 0.742. The first-order chi connectivity index (χ1) is 9.68. The zero-order valence-corrected chi connectivity index (χ0v) is 12.1. The molecule has 0 spiro atoms. The maximum absolute atomic E-state index is 11.0. The van der Waals surface area contributed by atoms with E-state index < -0.39 is 5.97 Å². The van der Waals surface area contributed by atoms with Gasteiger partial charge in [0.15, 0.2) is 0 Å². The van der Waals surface area contributed by atoms with Crippen LogP contribution in [0.3, 0.4) is 0 Å². The van der Waals surface area contributed by atoms with E-state index >= 15 is 0 Å². The Morgan fingerprint density at radius 3 is 2.90 bits per heavy atom. The molecule has 1 aromatic heterocycles. The smallest absolute Gasteiger partial charge is 0.336 e. The van der Waals surface area contributed by atoms with Crippen LogP contribution in [-0.4, -0.2) is 47.1 Å². The van der Waals surface area contributed by atoms with Crippen molar-refractivity contribution >= 4 is 5.97 Å². The normalized spacial score (nSPS) is 15.7. The van der Waals surface area contributed by atoms with Gasteiger partial charge < -0.3 is 15.3 Å². The Kier molecular flexibility index (Phi) is 5.49. The molecule has 1 fully saturated rings. The standard InChI is InChI=1S/C15H23N3O2/c1-12-13(15(19)20)5-7-17-14(12)11-16-6-4-10-18-8-2-3-9-18/h5,7,16H,2-4,6,8-11H2,1H3,(H,19,20). The summed E-state index contributed by atoms with van der Waals surface area (Å²) in [6, 6.07) is 1.55. The summed E-state index contributed by atoms with van der Waals surface area (Å²) in [5.41, 5.74) is 1.92. The number of aromatic carboxylic acids is 1. The van der Waals surface area contributed by atoms with Crippen molar-refractivity contribution in [2.75, 3.05) is 26.2 Å². The number of hydrogen-bond donors (Lipinski definition) is 2. The minimum atomic E-state index is -0.889. The van der Waals surface area contributed by atoms with Gasteiger partial charge in [0.25, 0.3) is 0 Å². The van der Waals surface area contributed by atoms with Crippen molar-refractivity contribution in [3.05, 3.63) is 29.1 Å². The summed E-state index contributed by atoms with van der Waals surface area (Å²) in [5.74, 6) is -0.889. The van der Waals surface area contributed by atoms with Gasteiger partial charge in [0, 0.05) is 12.7 Å². The predicted molar refractivity (Wildman–Crippen MR) is 77.9 cm³/mol. The van der Waals surface area contributed by atoms with Crippen LogP contribution in [0.2, 0.25) is 0 Å². The number of likely N-dealkylation sites (tertiary alicyclic amines) is 1. The zero-order chi connectivity index (χ0) is 14.4. The molecule has 0 amide bonds. The van der Waals surface area contributed by atoms with Gasteiger partial charge in [-0.3, -0.25) is 4.98 Å². The number of nitrogens with one attached hydrogen (secondary N) is 1. The lowest BCUT2D eigenvalue weighted by molar-refractivity contribution is 0.0696. The molecule has 5 nitrogen and oxygen atoms in total. The summed E-state index contributed by atoms with van der Waals surface area (Å²) in [6.45, 7) is 7.01. The van der Waals surface area contributed by atoms with Crippen molar-refractivity contribution in [2.45, 2.75) is 32.7 Å². The largest absolute Gasteiger partial charge is 0.478 e. The van der Waals surface area contributed by atoms with E-state index in [2.05, 4.69) is 15.2 Å². The Balaban J connectivity index is 1.73. The van der Waals surface area contributed by atoms with Crippen molar-refractivity contribution in [3.63, 3.8) is 0 Å². The summed E-state index contributed by atoms with van der Waals surface area (Å²) in [5, 5.41) is 12.4. The third-order valence-corrected chi connectivity index (χ3v) is 3.86. The minimum absolute atomic E-state index is 0.342. The minimum Gasteiger partial charge on any atom is -0.478 e. The van der Waals surface area contributed by atoms with E-state index in [1.807, 2.05) is 6.92 Å². The van der Waals surface area contributed by atoms with Crippen molar-refractivity contribution in [1.29, 1.82) is 0 Å². The lowest BCUT2D eigenvalue weighted by Gasteiger charge is -2.14. The molecule has 0 aliphatic carbocycles. The van der Waals surface area contributed by atoms with Gasteiger partial charge in [0.1, 0.15) is 0 Å². The van der Waals surface area contributed by atoms with Crippen LogP contribution in [0.1, 0.15) is 40.9 Å². The molecule has 110 valence electrons. The first kappa shape index (κ1) is 14.9. The highest BCUT2D eigenvalue weighted by Crippen LogP contribution is 2.11. The maximum atomic E-state index is 11.0. The first-order valence-electron chi connectivity index (χ1n) is 7.29. The van der Waals surface area contributed by atoms with Crippen molar-refractivity contribution in [3.8, 4) is 0 Å². The molecule has 2 heterocycles. The maximum Gasteiger partial charge on any atom is 0.336 e. The third-order valence-electron chi connectivity index (χ3n) is 3.86. The van der Waals surface area contributed by atoms with Gasteiger partial charge in [-0.15, -0.1) is 0 Å². The fraction of sp³-hybridized carbons (Fsp3) is 0.600. The molecule has 2 rings (SSSR count). The Morgan fingerprint density at radius 2 is 2.20 bits per heavy atom. The number of carbonyl (C=O) groups is 1. The summed E-state index contributed by atoms with van der Waals surface area (Å²) in [6.07, 6.45) is 5.35. The van der Waals surface area contributed by atoms with E-state index in [0.717, 1.165) is 30.8 Å². The second-order valence-corrected chi connectivity index (χ2v) is 5.31. The van der Waals surface area contributed by atoms with Gasteiger partial charge in [-0.2, -0.15) is 0 Å². The highest BCUT2D eigenvalue weighted by Gasteiger charge is 2.12. The fourth-order valence-corrected chi connectivity index (χ4v) is 2.63. The first-order valence-corrected chi connectivity index (χ1v) is 7.29. The average Bonchev–Trinajstić information content (AvgIpc) is 2.93. The van der Waals surface area contributed by atoms with Gasteiger partial charge in [-0.05, 0) is 64.0 Å². The summed E-state index contributed by atoms with van der Waals surface area (Å²) in [4.78, 5) is 17.8. The van der Waals surface area contributed by atoms with E-state index in [4.69, 9.17) is 5.11 Å². The van der Waals surface area contributed by atoms with Crippen LogP contribution < -0.4 is 5.32 Å². The van der Waals surface area contributed by atoms with Crippen molar-refractivity contribution < 1.29 is 9.90 Å². The van der Waals surface area contributed by atoms with E-state index in [1.54, 1.807) is 12.3 Å². The molecule has 0 unspecified atom stereocenters. The molecule has 0 atom stereocenters. The van der Waals surface area contributed by atoms with E-state index in [-0.39, 0.29) is 0 Å².